The number of benzene rings is 3. The van der Waals surface area contributed by atoms with Gasteiger partial charge in [-0.2, -0.15) is 0 Å². The third-order valence-electron chi connectivity index (χ3n) is 5.10. The van der Waals surface area contributed by atoms with E-state index in [0.717, 1.165) is 16.0 Å². The maximum absolute atomic E-state index is 14.0. The van der Waals surface area contributed by atoms with Crippen LogP contribution >= 0.6 is 0 Å². The van der Waals surface area contributed by atoms with E-state index in [1.54, 1.807) is 42.5 Å². The van der Waals surface area contributed by atoms with Crippen LogP contribution in [0.4, 0.5) is 14.9 Å². The number of hydrogen-bond acceptors (Lipinski definition) is 3. The van der Waals surface area contributed by atoms with Crippen molar-refractivity contribution in [1.29, 1.82) is 0 Å². The molecule has 0 aromatic heterocycles. The lowest BCUT2D eigenvalue weighted by Crippen LogP contribution is -2.45. The first kappa shape index (κ1) is 20.3. The highest BCUT2D eigenvalue weighted by Gasteiger charge is 2.34. The van der Waals surface area contributed by atoms with Crippen molar-refractivity contribution >= 4 is 23.4 Å². The number of amides is 2. The van der Waals surface area contributed by atoms with Gasteiger partial charge in [0, 0.05) is 11.1 Å². The number of para-hydroxylation sites is 1. The second-order valence-electron chi connectivity index (χ2n) is 7.24. The lowest BCUT2D eigenvalue weighted by molar-refractivity contribution is -0.120. The maximum Gasteiger partial charge on any atom is 0.409 e. The van der Waals surface area contributed by atoms with Crippen molar-refractivity contribution in [3.8, 4) is 0 Å². The van der Waals surface area contributed by atoms with Crippen LogP contribution in [0.5, 0.6) is 0 Å². The van der Waals surface area contributed by atoms with E-state index in [-0.39, 0.29) is 6.54 Å². The fourth-order valence-corrected chi connectivity index (χ4v) is 3.59. The van der Waals surface area contributed by atoms with Crippen LogP contribution in [0.2, 0.25) is 0 Å². The monoisotopic (exact) mass is 417 g/mol. The molecule has 0 fully saturated rings. The van der Waals surface area contributed by atoms with Gasteiger partial charge in [0.25, 0.3) is 5.91 Å². The third kappa shape index (κ3) is 4.16. The number of carbonyl (C=O) groups is 2. The van der Waals surface area contributed by atoms with E-state index < -0.39 is 24.0 Å². The average molecular weight is 417 g/mol. The van der Waals surface area contributed by atoms with E-state index in [2.05, 4.69) is 10.3 Å². The van der Waals surface area contributed by atoms with Gasteiger partial charge in [0.2, 0.25) is 6.17 Å². The molecule has 1 heterocycles. The highest BCUT2D eigenvalue weighted by atomic mass is 19.1. The van der Waals surface area contributed by atoms with E-state index in [1.165, 1.54) is 12.1 Å². The minimum absolute atomic E-state index is 0.0243. The zero-order chi connectivity index (χ0) is 22.0. The minimum atomic E-state index is -1.34. The molecule has 7 heteroatoms. The van der Waals surface area contributed by atoms with Crippen molar-refractivity contribution in [3.05, 3.63) is 101 Å². The molecule has 4 rings (SSSR count). The molecule has 1 aliphatic rings. The van der Waals surface area contributed by atoms with Gasteiger partial charge in [-0.15, -0.1) is 0 Å². The van der Waals surface area contributed by atoms with Gasteiger partial charge < -0.3 is 10.4 Å². The normalized spacial score (nSPS) is 15.4. The summed E-state index contributed by atoms with van der Waals surface area (Å²) in [6.45, 7) is 1.81. The number of benzodiazepines with no additional fused rings is 1. The second-order valence-corrected chi connectivity index (χ2v) is 7.24. The molecule has 0 spiro atoms. The fraction of sp³-hybridized carbons (Fsp3) is 0.125. The smallest absolute Gasteiger partial charge is 0.409 e. The molecule has 0 aliphatic carbocycles. The van der Waals surface area contributed by atoms with Crippen LogP contribution in [-0.4, -0.2) is 33.9 Å². The van der Waals surface area contributed by atoms with E-state index >= 15 is 0 Å². The highest BCUT2D eigenvalue weighted by molar-refractivity contribution is 6.20. The van der Waals surface area contributed by atoms with Crippen LogP contribution in [0.3, 0.4) is 0 Å². The molecular formula is C24H20FN3O3. The predicted octanol–water partition coefficient (Wildman–Crippen LogP) is 4.43. The summed E-state index contributed by atoms with van der Waals surface area (Å²) in [7, 11) is 0. The fourth-order valence-electron chi connectivity index (χ4n) is 3.59. The summed E-state index contributed by atoms with van der Waals surface area (Å²) < 4.78 is 14.0. The van der Waals surface area contributed by atoms with Gasteiger partial charge in [-0.1, -0.05) is 60.7 Å². The molecule has 1 aliphatic heterocycles. The molecule has 0 saturated carbocycles. The molecule has 31 heavy (non-hydrogen) atoms. The molecule has 0 saturated heterocycles. The molecule has 2 amide bonds. The standard InChI is InChI=1S/C24H20FN3O3/c1-15-7-5-12-19-20(15)27-23(29)22(26-21(19)17-10-6-11-18(25)13-17)28(24(30)31)14-16-8-3-2-4-9-16/h2-13,22H,14H2,1H3,(H,27,29)(H,30,31)/t22-/m0/s1. The first-order chi connectivity index (χ1) is 14.9. The third-order valence-corrected chi connectivity index (χ3v) is 5.10. The van der Waals surface area contributed by atoms with Gasteiger partial charge in [0.05, 0.1) is 17.9 Å². The van der Waals surface area contributed by atoms with Crippen molar-refractivity contribution in [2.24, 2.45) is 4.99 Å². The SMILES string of the molecule is Cc1cccc2c1NC(=O)[C@H](N(Cc1ccccc1)C(=O)O)N=C2c1cccc(F)c1. The molecule has 2 N–H and O–H groups in total. The number of anilines is 1. The average Bonchev–Trinajstić information content (AvgIpc) is 2.90. The summed E-state index contributed by atoms with van der Waals surface area (Å²) in [6.07, 6.45) is -2.63. The highest BCUT2D eigenvalue weighted by Crippen LogP contribution is 2.28. The molecule has 3 aromatic carbocycles. The van der Waals surface area contributed by atoms with Crippen LogP contribution in [0.1, 0.15) is 22.3 Å². The van der Waals surface area contributed by atoms with Crippen LogP contribution < -0.4 is 5.32 Å². The van der Waals surface area contributed by atoms with Gasteiger partial charge in [-0.25, -0.2) is 14.2 Å². The first-order valence-corrected chi connectivity index (χ1v) is 9.72. The molecule has 0 bridgehead atoms. The Morgan fingerprint density at radius 2 is 1.84 bits per heavy atom. The Kier molecular flexibility index (Phi) is 5.49. The van der Waals surface area contributed by atoms with Gasteiger partial charge in [0.15, 0.2) is 0 Å². The van der Waals surface area contributed by atoms with E-state index in [9.17, 15) is 19.1 Å². The number of aryl methyl sites for hydroxylation is 1. The number of aliphatic imine (C=N–C) groups is 1. The summed E-state index contributed by atoms with van der Waals surface area (Å²) >= 11 is 0. The number of nitrogens with zero attached hydrogens (tertiary/aromatic N) is 2. The maximum atomic E-state index is 14.0. The molecule has 3 aromatic rings. The Labute approximate surface area is 178 Å². The molecular weight excluding hydrogens is 397 g/mol. The molecule has 0 unspecified atom stereocenters. The van der Waals surface area contributed by atoms with E-state index in [0.29, 0.717) is 22.5 Å². The van der Waals surface area contributed by atoms with E-state index in [4.69, 9.17) is 0 Å². The van der Waals surface area contributed by atoms with Gasteiger partial charge in [-0.3, -0.25) is 9.69 Å². The summed E-state index contributed by atoms with van der Waals surface area (Å²) in [5, 5.41) is 12.7. The lowest BCUT2D eigenvalue weighted by Gasteiger charge is -2.25. The summed E-state index contributed by atoms with van der Waals surface area (Å²) in [4.78, 5) is 30.8. The van der Waals surface area contributed by atoms with Crippen molar-refractivity contribution in [2.45, 2.75) is 19.6 Å². The second kappa shape index (κ2) is 8.39. The van der Waals surface area contributed by atoms with Crippen LogP contribution in [-0.2, 0) is 11.3 Å². The van der Waals surface area contributed by atoms with Crippen LogP contribution in [0.25, 0.3) is 0 Å². The van der Waals surface area contributed by atoms with Crippen LogP contribution in [0, 0.1) is 12.7 Å². The Balaban J connectivity index is 1.86. The quantitative estimate of drug-likeness (QED) is 0.659. The number of hydrogen-bond donors (Lipinski definition) is 2. The van der Waals surface area contributed by atoms with Crippen molar-refractivity contribution < 1.29 is 19.1 Å². The predicted molar refractivity (Wildman–Crippen MR) is 116 cm³/mol. The van der Waals surface area contributed by atoms with Gasteiger partial charge >= 0.3 is 6.09 Å². The van der Waals surface area contributed by atoms with E-state index in [1.807, 2.05) is 25.1 Å². The van der Waals surface area contributed by atoms with Gasteiger partial charge in [-0.05, 0) is 30.2 Å². The van der Waals surface area contributed by atoms with Gasteiger partial charge in [0.1, 0.15) is 5.82 Å². The summed E-state index contributed by atoms with van der Waals surface area (Å²) in [5.74, 6) is -1.02. The number of fused-ring (bicyclic) bond motifs is 1. The first-order valence-electron chi connectivity index (χ1n) is 9.72. The zero-order valence-corrected chi connectivity index (χ0v) is 16.7. The summed E-state index contributed by atoms with van der Waals surface area (Å²) in [5.41, 5.74) is 3.45. The number of nitrogens with one attached hydrogen (secondary N) is 1. The number of carboxylic acid groups (broad SMARTS) is 1. The Hall–Kier alpha value is -4.00. The lowest BCUT2D eigenvalue weighted by atomic mass is 9.98. The minimum Gasteiger partial charge on any atom is -0.465 e. The summed E-state index contributed by atoms with van der Waals surface area (Å²) in [6, 6.07) is 20.3. The van der Waals surface area contributed by atoms with Crippen molar-refractivity contribution in [3.63, 3.8) is 0 Å². The Morgan fingerprint density at radius 1 is 1.10 bits per heavy atom. The molecule has 6 nitrogen and oxygen atoms in total. The number of carbonyl (C=O) groups excluding carboxylic acids is 1. The van der Waals surface area contributed by atoms with Crippen molar-refractivity contribution in [2.75, 3.05) is 5.32 Å². The van der Waals surface area contributed by atoms with Crippen LogP contribution in [0.15, 0.2) is 77.8 Å². The van der Waals surface area contributed by atoms with Crippen molar-refractivity contribution in [1.82, 2.24) is 4.90 Å². The largest absolute Gasteiger partial charge is 0.465 e. The topological polar surface area (TPSA) is 82.0 Å². The molecule has 1 atom stereocenters. The zero-order valence-electron chi connectivity index (χ0n) is 16.7. The Bertz CT molecular complexity index is 1180. The number of halogens is 1. The molecule has 156 valence electrons. The number of rotatable bonds is 4. The molecule has 0 radical (unpaired) electrons. The Morgan fingerprint density at radius 3 is 2.55 bits per heavy atom.